The van der Waals surface area contributed by atoms with Gasteiger partial charge in [0.15, 0.2) is 0 Å². The zero-order valence-electron chi connectivity index (χ0n) is 9.35. The van der Waals surface area contributed by atoms with E-state index in [9.17, 15) is 0 Å². The molecule has 0 aromatic heterocycles. The third-order valence-corrected chi connectivity index (χ3v) is 2.64. The zero-order chi connectivity index (χ0) is 10.2. The van der Waals surface area contributed by atoms with Gasteiger partial charge in [0.2, 0.25) is 0 Å². The van der Waals surface area contributed by atoms with E-state index in [0.717, 1.165) is 13.1 Å². The minimum Gasteiger partial charge on any atom is -0.309 e. The van der Waals surface area contributed by atoms with Gasteiger partial charge in [-0.25, -0.2) is 0 Å². The molecule has 0 spiro atoms. The maximum Gasteiger partial charge on any atom is 0.0212 e. The molecule has 14 heavy (non-hydrogen) atoms. The van der Waals surface area contributed by atoms with Gasteiger partial charge < -0.3 is 5.32 Å². The third-order valence-electron chi connectivity index (χ3n) is 2.64. The van der Waals surface area contributed by atoms with Crippen molar-refractivity contribution in [2.45, 2.75) is 40.3 Å². The number of hydrogen-bond donors (Lipinski definition) is 1. The Bertz CT molecular complexity index is 334. The maximum absolute atomic E-state index is 3.38. The van der Waals surface area contributed by atoms with Gasteiger partial charge >= 0.3 is 0 Å². The van der Waals surface area contributed by atoms with Gasteiger partial charge in [0.05, 0.1) is 0 Å². The van der Waals surface area contributed by atoms with Crippen molar-refractivity contribution in [2.75, 3.05) is 0 Å². The van der Waals surface area contributed by atoms with Gasteiger partial charge in [-0.1, -0.05) is 39.0 Å². The summed E-state index contributed by atoms with van der Waals surface area (Å²) in [5, 5.41) is 3.38. The van der Waals surface area contributed by atoms with E-state index in [-0.39, 0.29) is 0 Å². The molecule has 0 unspecified atom stereocenters. The quantitative estimate of drug-likeness (QED) is 0.716. The van der Waals surface area contributed by atoms with Crippen molar-refractivity contribution in [3.8, 4) is 0 Å². The fourth-order valence-corrected chi connectivity index (χ4v) is 2.07. The molecule has 76 valence electrons. The minimum atomic E-state index is 0.389. The molecule has 1 aromatic carbocycles. The summed E-state index contributed by atoms with van der Waals surface area (Å²) in [5.41, 5.74) is 4.83. The van der Waals surface area contributed by atoms with Gasteiger partial charge in [0, 0.05) is 13.1 Å². The smallest absolute Gasteiger partial charge is 0.0212 e. The fourth-order valence-electron chi connectivity index (χ4n) is 2.07. The van der Waals surface area contributed by atoms with Crippen LogP contribution in [0.15, 0.2) is 18.2 Å². The van der Waals surface area contributed by atoms with Crippen molar-refractivity contribution < 1.29 is 0 Å². The van der Waals surface area contributed by atoms with Crippen LogP contribution in [0.5, 0.6) is 0 Å². The van der Waals surface area contributed by atoms with Gasteiger partial charge in [-0.15, -0.1) is 0 Å². The summed E-state index contributed by atoms with van der Waals surface area (Å²) in [7, 11) is 0. The molecule has 0 bridgehead atoms. The zero-order valence-corrected chi connectivity index (χ0v) is 9.35. The summed E-state index contributed by atoms with van der Waals surface area (Å²) in [6.45, 7) is 8.97. The molecule has 1 aliphatic rings. The summed E-state index contributed by atoms with van der Waals surface area (Å²) in [6, 6.07) is 6.91. The Morgan fingerprint density at radius 1 is 1.14 bits per heavy atom. The van der Waals surface area contributed by atoms with E-state index in [1.54, 1.807) is 0 Å². The highest BCUT2D eigenvalue weighted by molar-refractivity contribution is 5.34. The highest BCUT2D eigenvalue weighted by Gasteiger charge is 2.14. The number of hydrogen-bond acceptors (Lipinski definition) is 1. The van der Waals surface area contributed by atoms with E-state index in [4.69, 9.17) is 0 Å². The molecular weight excluding hydrogens is 170 g/mol. The van der Waals surface area contributed by atoms with Gasteiger partial charge in [0.25, 0.3) is 0 Å². The number of rotatable bonds is 1. The largest absolute Gasteiger partial charge is 0.309 e. The minimum absolute atomic E-state index is 0.389. The van der Waals surface area contributed by atoms with Gasteiger partial charge in [0.1, 0.15) is 0 Å². The Hall–Kier alpha value is -0.820. The van der Waals surface area contributed by atoms with Crippen molar-refractivity contribution in [3.63, 3.8) is 0 Å². The molecule has 0 aliphatic carbocycles. The molecule has 1 heteroatoms. The van der Waals surface area contributed by atoms with Crippen LogP contribution in [0.25, 0.3) is 0 Å². The van der Waals surface area contributed by atoms with Crippen molar-refractivity contribution in [1.29, 1.82) is 0 Å². The second kappa shape index (κ2) is 3.39. The van der Waals surface area contributed by atoms with E-state index in [1.807, 2.05) is 0 Å². The first kappa shape index (κ1) is 9.72. The first-order valence-electron chi connectivity index (χ1n) is 5.36. The van der Waals surface area contributed by atoms with E-state index < -0.39 is 0 Å². The van der Waals surface area contributed by atoms with Crippen LogP contribution in [-0.2, 0) is 19.5 Å². The summed E-state index contributed by atoms with van der Waals surface area (Å²) < 4.78 is 0. The van der Waals surface area contributed by atoms with Crippen molar-refractivity contribution in [3.05, 3.63) is 34.9 Å². The SMILES string of the molecule is CC(C)(C)Cc1ccc2c(c1)CNC2. The lowest BCUT2D eigenvalue weighted by Crippen LogP contribution is -2.09. The molecule has 0 amide bonds. The first-order chi connectivity index (χ1) is 6.54. The Morgan fingerprint density at radius 2 is 1.86 bits per heavy atom. The van der Waals surface area contributed by atoms with Crippen molar-refractivity contribution >= 4 is 0 Å². The number of benzene rings is 1. The molecule has 0 radical (unpaired) electrons. The summed E-state index contributed by atoms with van der Waals surface area (Å²) in [4.78, 5) is 0. The van der Waals surface area contributed by atoms with Crippen LogP contribution in [0.1, 0.15) is 37.5 Å². The molecule has 2 rings (SSSR count). The Kier molecular flexibility index (Phi) is 2.36. The average molecular weight is 189 g/mol. The normalized spacial score (nSPS) is 15.6. The fraction of sp³-hybridized carbons (Fsp3) is 0.538. The van der Waals surface area contributed by atoms with Crippen LogP contribution in [-0.4, -0.2) is 0 Å². The molecule has 0 atom stereocenters. The summed E-state index contributed by atoms with van der Waals surface area (Å²) in [5.74, 6) is 0. The lowest BCUT2D eigenvalue weighted by molar-refractivity contribution is 0.411. The van der Waals surface area contributed by atoms with E-state index in [2.05, 4.69) is 44.3 Å². The highest BCUT2D eigenvalue weighted by Crippen LogP contribution is 2.23. The lowest BCUT2D eigenvalue weighted by Gasteiger charge is -2.18. The molecule has 1 nitrogen and oxygen atoms in total. The van der Waals surface area contributed by atoms with Crippen molar-refractivity contribution in [2.24, 2.45) is 5.41 Å². The molecule has 0 saturated carbocycles. The topological polar surface area (TPSA) is 12.0 Å². The second-order valence-electron chi connectivity index (χ2n) is 5.44. The van der Waals surface area contributed by atoms with Crippen LogP contribution in [0, 0.1) is 5.41 Å². The molecule has 1 aliphatic heterocycles. The maximum atomic E-state index is 3.38. The number of nitrogens with one attached hydrogen (secondary N) is 1. The van der Waals surface area contributed by atoms with E-state index >= 15 is 0 Å². The van der Waals surface area contributed by atoms with Crippen LogP contribution < -0.4 is 5.32 Å². The summed E-state index contributed by atoms with van der Waals surface area (Å²) >= 11 is 0. The molecular formula is C13H19N. The molecule has 1 N–H and O–H groups in total. The monoisotopic (exact) mass is 189 g/mol. The molecule has 0 fully saturated rings. The predicted octanol–water partition coefficient (Wildman–Crippen LogP) is 2.88. The Labute approximate surface area is 86.5 Å². The van der Waals surface area contributed by atoms with Crippen LogP contribution in [0.2, 0.25) is 0 Å². The molecule has 1 aromatic rings. The Balaban J connectivity index is 2.21. The first-order valence-corrected chi connectivity index (χ1v) is 5.36. The number of fused-ring (bicyclic) bond motifs is 1. The molecule has 1 heterocycles. The van der Waals surface area contributed by atoms with Crippen molar-refractivity contribution in [1.82, 2.24) is 5.32 Å². The van der Waals surface area contributed by atoms with Gasteiger partial charge in [-0.2, -0.15) is 0 Å². The average Bonchev–Trinajstić information content (AvgIpc) is 2.47. The van der Waals surface area contributed by atoms with E-state index in [0.29, 0.717) is 5.41 Å². The highest BCUT2D eigenvalue weighted by atomic mass is 14.9. The predicted molar refractivity (Wildman–Crippen MR) is 60.1 cm³/mol. The molecule has 0 saturated heterocycles. The summed E-state index contributed by atoms with van der Waals surface area (Å²) in [6.07, 6.45) is 1.17. The lowest BCUT2D eigenvalue weighted by atomic mass is 9.87. The standard InChI is InChI=1S/C13H19N/c1-13(2,3)7-10-4-5-11-8-14-9-12(11)6-10/h4-6,14H,7-9H2,1-3H3. The van der Waals surface area contributed by atoms with E-state index in [1.165, 1.54) is 23.1 Å². The third kappa shape index (κ3) is 2.16. The van der Waals surface area contributed by atoms with Gasteiger partial charge in [-0.05, 0) is 28.5 Å². The van der Waals surface area contributed by atoms with Crippen LogP contribution >= 0.6 is 0 Å². The van der Waals surface area contributed by atoms with Crippen LogP contribution in [0.4, 0.5) is 0 Å². The van der Waals surface area contributed by atoms with Crippen LogP contribution in [0.3, 0.4) is 0 Å². The second-order valence-corrected chi connectivity index (χ2v) is 5.44. The van der Waals surface area contributed by atoms with Gasteiger partial charge in [-0.3, -0.25) is 0 Å². The Morgan fingerprint density at radius 3 is 2.57 bits per heavy atom.